The van der Waals surface area contributed by atoms with Crippen LogP contribution in [0.4, 0.5) is 11.4 Å². The molecule has 0 atom stereocenters. The zero-order valence-corrected chi connectivity index (χ0v) is 12.5. The monoisotopic (exact) mass is 330 g/mol. The summed E-state index contributed by atoms with van der Waals surface area (Å²) in [6, 6.07) is 17.8. The van der Waals surface area contributed by atoms with Gasteiger partial charge in [-0.25, -0.2) is 0 Å². The van der Waals surface area contributed by atoms with E-state index >= 15 is 0 Å². The first-order valence-electron chi connectivity index (χ1n) is 6.35. The highest BCUT2D eigenvalue weighted by atomic mass is 79.9. The Morgan fingerprint density at radius 2 is 1.90 bits per heavy atom. The molecule has 0 heterocycles. The lowest BCUT2D eigenvalue weighted by atomic mass is 10.1. The third-order valence-electron chi connectivity index (χ3n) is 3.02. The van der Waals surface area contributed by atoms with E-state index in [1.807, 2.05) is 48.5 Å². The fourth-order valence-corrected chi connectivity index (χ4v) is 2.43. The van der Waals surface area contributed by atoms with Crippen LogP contribution in [0.5, 0.6) is 0 Å². The molecule has 0 amide bonds. The predicted octanol–water partition coefficient (Wildman–Crippen LogP) is 3.99. The number of nitrogens with zero attached hydrogens (tertiary/aromatic N) is 2. The second-order valence-corrected chi connectivity index (χ2v) is 5.24. The molecule has 2 aromatic carbocycles. The Morgan fingerprint density at radius 3 is 2.55 bits per heavy atom. The summed E-state index contributed by atoms with van der Waals surface area (Å²) >= 11 is 3.46. The Hall–Kier alpha value is -1.83. The van der Waals surface area contributed by atoms with E-state index in [9.17, 15) is 5.11 Å². The van der Waals surface area contributed by atoms with Crippen molar-refractivity contribution in [1.29, 1.82) is 5.26 Å². The first kappa shape index (κ1) is 14.6. The molecule has 0 unspecified atom stereocenters. The van der Waals surface area contributed by atoms with Gasteiger partial charge in [-0.05, 0) is 24.3 Å². The summed E-state index contributed by atoms with van der Waals surface area (Å²) in [7, 11) is 0. The number of aliphatic hydroxyl groups excluding tert-OH is 1. The molecule has 2 rings (SSSR count). The number of aliphatic hydroxyl groups is 1. The maximum Gasteiger partial charge on any atom is 0.0702 e. The lowest BCUT2D eigenvalue weighted by Crippen LogP contribution is -2.19. The van der Waals surface area contributed by atoms with Gasteiger partial charge in [0, 0.05) is 28.0 Å². The number of para-hydroxylation sites is 1. The van der Waals surface area contributed by atoms with Gasteiger partial charge in [-0.3, -0.25) is 0 Å². The maximum atomic E-state index is 9.52. The van der Waals surface area contributed by atoms with E-state index in [1.165, 1.54) is 0 Å². The van der Waals surface area contributed by atoms with Gasteiger partial charge >= 0.3 is 0 Å². The van der Waals surface area contributed by atoms with Crippen molar-refractivity contribution in [3.8, 4) is 6.07 Å². The van der Waals surface area contributed by atoms with Crippen LogP contribution in [0, 0.1) is 11.3 Å². The number of halogens is 1. The summed E-state index contributed by atoms with van der Waals surface area (Å²) in [4.78, 5) is 2.06. The van der Waals surface area contributed by atoms with Crippen molar-refractivity contribution in [3.05, 3.63) is 58.6 Å². The van der Waals surface area contributed by atoms with Crippen LogP contribution in [0.1, 0.15) is 12.0 Å². The Morgan fingerprint density at radius 1 is 1.15 bits per heavy atom. The van der Waals surface area contributed by atoms with E-state index in [4.69, 9.17) is 5.26 Å². The number of hydrogen-bond donors (Lipinski definition) is 1. The van der Waals surface area contributed by atoms with Crippen LogP contribution in [0.2, 0.25) is 0 Å². The van der Waals surface area contributed by atoms with Crippen molar-refractivity contribution in [2.45, 2.75) is 13.0 Å². The number of benzene rings is 2. The fraction of sp³-hybridized carbons (Fsp3) is 0.188. The van der Waals surface area contributed by atoms with Crippen LogP contribution in [-0.2, 0) is 6.61 Å². The average molecular weight is 331 g/mol. The van der Waals surface area contributed by atoms with E-state index in [1.54, 1.807) is 0 Å². The number of nitriles is 1. The van der Waals surface area contributed by atoms with Crippen molar-refractivity contribution in [3.63, 3.8) is 0 Å². The number of hydrogen-bond acceptors (Lipinski definition) is 3. The smallest absolute Gasteiger partial charge is 0.0702 e. The Kier molecular flexibility index (Phi) is 5.16. The first-order chi connectivity index (χ1) is 9.76. The van der Waals surface area contributed by atoms with Crippen LogP contribution in [0.3, 0.4) is 0 Å². The highest BCUT2D eigenvalue weighted by Crippen LogP contribution is 2.31. The van der Waals surface area contributed by atoms with Gasteiger partial charge < -0.3 is 10.0 Å². The minimum atomic E-state index is -0.0293. The van der Waals surface area contributed by atoms with E-state index in [0.29, 0.717) is 13.0 Å². The average Bonchev–Trinajstić information content (AvgIpc) is 2.49. The lowest BCUT2D eigenvalue weighted by Gasteiger charge is -2.26. The van der Waals surface area contributed by atoms with Crippen molar-refractivity contribution in [1.82, 2.24) is 0 Å². The summed E-state index contributed by atoms with van der Waals surface area (Å²) in [5, 5.41) is 18.4. The van der Waals surface area contributed by atoms with Gasteiger partial charge in [0.05, 0.1) is 19.1 Å². The van der Waals surface area contributed by atoms with Gasteiger partial charge in [0.1, 0.15) is 0 Å². The summed E-state index contributed by atoms with van der Waals surface area (Å²) in [5.74, 6) is 0. The molecule has 0 spiro atoms. The minimum Gasteiger partial charge on any atom is -0.392 e. The first-order valence-corrected chi connectivity index (χ1v) is 7.14. The summed E-state index contributed by atoms with van der Waals surface area (Å²) in [6.07, 6.45) is 0.423. The SMILES string of the molecule is N#CCCN(c1ccccc1)c1cc(Br)ccc1CO. The highest BCUT2D eigenvalue weighted by Gasteiger charge is 2.13. The summed E-state index contributed by atoms with van der Waals surface area (Å²) < 4.78 is 0.947. The molecular weight excluding hydrogens is 316 g/mol. The largest absolute Gasteiger partial charge is 0.392 e. The molecule has 0 saturated carbocycles. The van der Waals surface area contributed by atoms with E-state index in [-0.39, 0.29) is 6.61 Å². The topological polar surface area (TPSA) is 47.3 Å². The van der Waals surface area contributed by atoms with Crippen molar-refractivity contribution >= 4 is 27.3 Å². The molecule has 0 aliphatic carbocycles. The van der Waals surface area contributed by atoms with Gasteiger partial charge in [0.25, 0.3) is 0 Å². The van der Waals surface area contributed by atoms with Crippen LogP contribution < -0.4 is 4.90 Å². The molecule has 0 aliphatic rings. The molecule has 1 N–H and O–H groups in total. The molecule has 0 aliphatic heterocycles. The Balaban J connectivity index is 2.46. The quantitative estimate of drug-likeness (QED) is 0.901. The fourth-order valence-electron chi connectivity index (χ4n) is 2.08. The molecule has 3 nitrogen and oxygen atoms in total. The summed E-state index contributed by atoms with van der Waals surface area (Å²) in [6.45, 7) is 0.558. The zero-order chi connectivity index (χ0) is 14.4. The normalized spacial score (nSPS) is 10.1. The predicted molar refractivity (Wildman–Crippen MR) is 83.7 cm³/mol. The second kappa shape index (κ2) is 7.09. The van der Waals surface area contributed by atoms with Crippen LogP contribution in [0.25, 0.3) is 0 Å². The van der Waals surface area contributed by atoms with E-state index in [0.717, 1.165) is 21.4 Å². The molecular formula is C16H15BrN2O. The van der Waals surface area contributed by atoms with Gasteiger partial charge in [-0.1, -0.05) is 40.2 Å². The van der Waals surface area contributed by atoms with Gasteiger partial charge in [0.2, 0.25) is 0 Å². The van der Waals surface area contributed by atoms with Gasteiger partial charge in [-0.15, -0.1) is 0 Å². The molecule has 0 aromatic heterocycles. The molecule has 2 aromatic rings. The molecule has 20 heavy (non-hydrogen) atoms. The Labute approximate surface area is 127 Å². The zero-order valence-electron chi connectivity index (χ0n) is 11.0. The number of anilines is 2. The van der Waals surface area contributed by atoms with Crippen LogP contribution in [-0.4, -0.2) is 11.7 Å². The third-order valence-corrected chi connectivity index (χ3v) is 3.52. The maximum absolute atomic E-state index is 9.52. The third kappa shape index (κ3) is 3.38. The van der Waals surface area contributed by atoms with Crippen molar-refractivity contribution in [2.24, 2.45) is 0 Å². The van der Waals surface area contributed by atoms with E-state index in [2.05, 4.69) is 26.9 Å². The Bertz CT molecular complexity index is 608. The standard InChI is InChI=1S/C16H15BrN2O/c17-14-8-7-13(12-20)16(11-14)19(10-4-9-18)15-5-2-1-3-6-15/h1-3,5-8,11,20H,4,10,12H2. The highest BCUT2D eigenvalue weighted by molar-refractivity contribution is 9.10. The molecule has 102 valence electrons. The second-order valence-electron chi connectivity index (χ2n) is 4.33. The van der Waals surface area contributed by atoms with Crippen LogP contribution >= 0.6 is 15.9 Å². The van der Waals surface area contributed by atoms with Gasteiger partial charge in [0.15, 0.2) is 0 Å². The van der Waals surface area contributed by atoms with Crippen LogP contribution in [0.15, 0.2) is 53.0 Å². The molecule has 0 saturated heterocycles. The van der Waals surface area contributed by atoms with Crippen molar-refractivity contribution < 1.29 is 5.11 Å². The molecule has 0 radical (unpaired) electrons. The lowest BCUT2D eigenvalue weighted by molar-refractivity contribution is 0.282. The van der Waals surface area contributed by atoms with Gasteiger partial charge in [-0.2, -0.15) is 5.26 Å². The number of rotatable bonds is 5. The summed E-state index contributed by atoms with van der Waals surface area (Å²) in [5.41, 5.74) is 2.77. The van der Waals surface area contributed by atoms with E-state index < -0.39 is 0 Å². The molecule has 0 fully saturated rings. The van der Waals surface area contributed by atoms with Crippen molar-refractivity contribution in [2.75, 3.05) is 11.4 Å². The molecule has 4 heteroatoms. The molecule has 0 bridgehead atoms. The minimum absolute atomic E-state index is 0.0293.